The Morgan fingerprint density at radius 1 is 1.11 bits per heavy atom. The highest BCUT2D eigenvalue weighted by molar-refractivity contribution is 5.92. The van der Waals surface area contributed by atoms with Crippen molar-refractivity contribution in [2.24, 2.45) is 0 Å². The number of aromatic nitrogens is 1. The molecule has 138 valence electrons. The number of aryl methyl sites for hydroxylation is 2. The molecule has 0 unspecified atom stereocenters. The first-order chi connectivity index (χ1) is 13.1. The van der Waals surface area contributed by atoms with E-state index >= 15 is 0 Å². The predicted octanol–water partition coefficient (Wildman–Crippen LogP) is 4.12. The molecule has 0 aliphatic carbocycles. The molecular weight excluding hydrogens is 344 g/mol. The van der Waals surface area contributed by atoms with Gasteiger partial charge in [-0.05, 0) is 43.2 Å². The van der Waals surface area contributed by atoms with E-state index in [0.717, 1.165) is 12.0 Å². The normalized spacial score (nSPS) is 12.2. The minimum atomic E-state index is -0.168. The Morgan fingerprint density at radius 2 is 1.89 bits per heavy atom. The summed E-state index contributed by atoms with van der Waals surface area (Å²) in [5.41, 5.74) is 3.44. The number of nitrogens with one attached hydrogen (secondary N) is 1. The molecule has 0 atom stereocenters. The van der Waals surface area contributed by atoms with Crippen LogP contribution in [0.2, 0.25) is 0 Å². The maximum Gasteiger partial charge on any atom is 0.231 e. The van der Waals surface area contributed by atoms with E-state index in [1.165, 1.54) is 5.56 Å². The molecule has 0 saturated heterocycles. The van der Waals surface area contributed by atoms with E-state index in [0.29, 0.717) is 34.5 Å². The third kappa shape index (κ3) is 3.65. The van der Waals surface area contributed by atoms with Crippen LogP contribution in [-0.4, -0.2) is 17.7 Å². The van der Waals surface area contributed by atoms with Gasteiger partial charge in [0.25, 0.3) is 0 Å². The number of oxazole rings is 1. The molecule has 2 aromatic carbocycles. The van der Waals surface area contributed by atoms with Crippen molar-refractivity contribution in [3.63, 3.8) is 0 Å². The zero-order chi connectivity index (χ0) is 18.8. The molecule has 1 aliphatic rings. The first-order valence-electron chi connectivity index (χ1n) is 8.87. The van der Waals surface area contributed by atoms with Crippen LogP contribution < -0.4 is 14.8 Å². The minimum Gasteiger partial charge on any atom is -0.454 e. The Hall–Kier alpha value is -3.28. The van der Waals surface area contributed by atoms with E-state index in [4.69, 9.17) is 13.9 Å². The van der Waals surface area contributed by atoms with Crippen molar-refractivity contribution in [1.82, 2.24) is 4.98 Å². The molecule has 0 spiro atoms. The lowest BCUT2D eigenvalue weighted by molar-refractivity contribution is -0.115. The fourth-order valence-electron chi connectivity index (χ4n) is 2.93. The highest BCUT2D eigenvalue weighted by Crippen LogP contribution is 2.34. The Labute approximate surface area is 157 Å². The molecule has 1 aliphatic heterocycles. The molecule has 0 bridgehead atoms. The lowest BCUT2D eigenvalue weighted by atomic mass is 10.1. The lowest BCUT2D eigenvalue weighted by Gasteiger charge is -2.05. The fraction of sp³-hybridized carbons (Fsp3) is 0.238. The summed E-state index contributed by atoms with van der Waals surface area (Å²) in [6, 6.07) is 13.4. The van der Waals surface area contributed by atoms with Gasteiger partial charge in [0.05, 0.1) is 12.1 Å². The number of anilines is 1. The van der Waals surface area contributed by atoms with Gasteiger partial charge < -0.3 is 19.2 Å². The number of hydrogen-bond acceptors (Lipinski definition) is 5. The highest BCUT2D eigenvalue weighted by atomic mass is 16.7. The molecule has 0 radical (unpaired) electrons. The third-order valence-electron chi connectivity index (χ3n) is 4.49. The van der Waals surface area contributed by atoms with Crippen LogP contribution >= 0.6 is 0 Å². The first-order valence-corrected chi connectivity index (χ1v) is 8.87. The van der Waals surface area contributed by atoms with E-state index in [-0.39, 0.29) is 19.1 Å². The largest absolute Gasteiger partial charge is 0.454 e. The molecule has 1 amide bonds. The number of fused-ring (bicyclic) bond motifs is 1. The Bertz CT molecular complexity index is 976. The topological polar surface area (TPSA) is 73.6 Å². The van der Waals surface area contributed by atoms with Crippen molar-refractivity contribution < 1.29 is 18.7 Å². The number of nitrogens with zero attached hydrogens (tertiary/aromatic N) is 1. The van der Waals surface area contributed by atoms with Crippen molar-refractivity contribution in [2.75, 3.05) is 12.1 Å². The van der Waals surface area contributed by atoms with E-state index in [9.17, 15) is 4.79 Å². The average Bonchev–Trinajstić information content (AvgIpc) is 3.28. The minimum absolute atomic E-state index is 0.136. The average molecular weight is 364 g/mol. The van der Waals surface area contributed by atoms with Crippen molar-refractivity contribution in [3.05, 3.63) is 59.5 Å². The summed E-state index contributed by atoms with van der Waals surface area (Å²) in [5.74, 6) is 2.31. The number of hydrogen-bond donors (Lipinski definition) is 1. The molecule has 27 heavy (non-hydrogen) atoms. The number of carbonyl (C=O) groups is 1. The van der Waals surface area contributed by atoms with E-state index in [1.54, 1.807) is 18.2 Å². The SMILES string of the molecule is CCc1ccc(-c2nc(CC(=O)Nc3ccc4c(c3)OCO4)c(C)o2)cc1. The van der Waals surface area contributed by atoms with E-state index < -0.39 is 0 Å². The maximum atomic E-state index is 12.4. The van der Waals surface area contributed by atoms with Crippen LogP contribution in [0.4, 0.5) is 5.69 Å². The van der Waals surface area contributed by atoms with Gasteiger partial charge in [0.15, 0.2) is 11.5 Å². The van der Waals surface area contributed by atoms with Crippen LogP contribution in [0, 0.1) is 6.92 Å². The second kappa shape index (κ2) is 7.15. The van der Waals surface area contributed by atoms with E-state index in [1.807, 2.05) is 19.1 Å². The number of rotatable bonds is 5. The Kier molecular flexibility index (Phi) is 4.54. The Balaban J connectivity index is 1.45. The summed E-state index contributed by atoms with van der Waals surface area (Å²) in [7, 11) is 0. The fourth-order valence-corrected chi connectivity index (χ4v) is 2.93. The van der Waals surface area contributed by atoms with Gasteiger partial charge in [-0.15, -0.1) is 0 Å². The van der Waals surface area contributed by atoms with Crippen LogP contribution in [0.25, 0.3) is 11.5 Å². The van der Waals surface area contributed by atoms with Crippen LogP contribution in [0.3, 0.4) is 0 Å². The number of benzene rings is 2. The zero-order valence-electron chi connectivity index (χ0n) is 15.2. The molecule has 6 heteroatoms. The summed E-state index contributed by atoms with van der Waals surface area (Å²) in [5, 5.41) is 2.86. The van der Waals surface area contributed by atoms with Gasteiger partial charge >= 0.3 is 0 Å². The van der Waals surface area contributed by atoms with Crippen LogP contribution in [0.5, 0.6) is 11.5 Å². The Morgan fingerprint density at radius 3 is 2.67 bits per heavy atom. The molecule has 0 fully saturated rings. The monoisotopic (exact) mass is 364 g/mol. The van der Waals surface area contributed by atoms with Crippen molar-refractivity contribution in [3.8, 4) is 23.0 Å². The first kappa shape index (κ1) is 17.1. The van der Waals surface area contributed by atoms with Crippen molar-refractivity contribution in [2.45, 2.75) is 26.7 Å². The summed E-state index contributed by atoms with van der Waals surface area (Å²) in [4.78, 5) is 16.9. The van der Waals surface area contributed by atoms with Gasteiger partial charge in [-0.1, -0.05) is 19.1 Å². The van der Waals surface area contributed by atoms with Crippen LogP contribution in [0.15, 0.2) is 46.9 Å². The number of carbonyl (C=O) groups excluding carboxylic acids is 1. The quantitative estimate of drug-likeness (QED) is 0.737. The van der Waals surface area contributed by atoms with Gasteiger partial charge in [0, 0.05) is 17.3 Å². The van der Waals surface area contributed by atoms with Gasteiger partial charge in [-0.25, -0.2) is 4.98 Å². The molecule has 3 aromatic rings. The third-order valence-corrected chi connectivity index (χ3v) is 4.49. The van der Waals surface area contributed by atoms with Gasteiger partial charge in [0.1, 0.15) is 5.76 Å². The summed E-state index contributed by atoms with van der Waals surface area (Å²) >= 11 is 0. The molecule has 1 N–H and O–H groups in total. The predicted molar refractivity (Wildman–Crippen MR) is 101 cm³/mol. The molecule has 6 nitrogen and oxygen atoms in total. The van der Waals surface area contributed by atoms with Gasteiger partial charge in [-0.3, -0.25) is 4.79 Å². The maximum absolute atomic E-state index is 12.4. The number of amides is 1. The smallest absolute Gasteiger partial charge is 0.231 e. The second-order valence-corrected chi connectivity index (χ2v) is 6.37. The molecule has 4 rings (SSSR count). The van der Waals surface area contributed by atoms with Crippen LogP contribution in [-0.2, 0) is 17.6 Å². The summed E-state index contributed by atoms with van der Waals surface area (Å²) in [6.45, 7) is 4.13. The van der Waals surface area contributed by atoms with Gasteiger partial charge in [0.2, 0.25) is 18.6 Å². The lowest BCUT2D eigenvalue weighted by Crippen LogP contribution is -2.15. The van der Waals surface area contributed by atoms with Crippen molar-refractivity contribution >= 4 is 11.6 Å². The molecule has 0 saturated carbocycles. The van der Waals surface area contributed by atoms with E-state index in [2.05, 4.69) is 29.4 Å². The standard InChI is InChI=1S/C21H20N2O4/c1-3-14-4-6-15(7-5-14)21-23-17(13(2)27-21)11-20(24)22-16-8-9-18-19(10-16)26-12-25-18/h4-10H,3,11-12H2,1-2H3,(H,22,24). The summed E-state index contributed by atoms with van der Waals surface area (Å²) < 4.78 is 16.4. The molecular formula is C21H20N2O4. The highest BCUT2D eigenvalue weighted by Gasteiger charge is 2.17. The number of ether oxygens (including phenoxy) is 2. The zero-order valence-corrected chi connectivity index (χ0v) is 15.2. The molecule has 2 heterocycles. The van der Waals surface area contributed by atoms with Crippen LogP contribution in [0.1, 0.15) is 23.9 Å². The summed E-state index contributed by atoms with van der Waals surface area (Å²) in [6.07, 6.45) is 1.12. The second-order valence-electron chi connectivity index (χ2n) is 6.37. The molecule has 1 aromatic heterocycles. The van der Waals surface area contributed by atoms with Crippen molar-refractivity contribution in [1.29, 1.82) is 0 Å². The van der Waals surface area contributed by atoms with Gasteiger partial charge in [-0.2, -0.15) is 0 Å².